The van der Waals surface area contributed by atoms with Crippen molar-refractivity contribution in [2.75, 3.05) is 20.3 Å². The summed E-state index contributed by atoms with van der Waals surface area (Å²) in [6, 6.07) is 14.1. The number of carboxylic acid groups (broad SMARTS) is 1. The molecule has 4 saturated carbocycles. The van der Waals surface area contributed by atoms with Crippen LogP contribution in [0.3, 0.4) is 0 Å². The molecule has 9 rings (SSSR count). The van der Waals surface area contributed by atoms with E-state index in [9.17, 15) is 37.1 Å². The average Bonchev–Trinajstić information content (AvgIpc) is 3.21. The van der Waals surface area contributed by atoms with E-state index in [4.69, 9.17) is 18.9 Å². The van der Waals surface area contributed by atoms with E-state index in [2.05, 4.69) is 0 Å². The van der Waals surface area contributed by atoms with Crippen LogP contribution in [0.2, 0.25) is 0 Å². The molecular formula is C40H39F4O8S+. The summed E-state index contributed by atoms with van der Waals surface area (Å²) in [6.45, 7) is 2.75. The van der Waals surface area contributed by atoms with E-state index in [0.29, 0.717) is 49.9 Å². The molecule has 1 spiro atoms. The first-order chi connectivity index (χ1) is 25.0. The van der Waals surface area contributed by atoms with Gasteiger partial charge in [-0.3, -0.25) is 9.59 Å². The van der Waals surface area contributed by atoms with E-state index in [1.807, 2.05) is 38.1 Å². The molecule has 4 aliphatic carbocycles. The Balaban J connectivity index is 1.24. The zero-order valence-electron chi connectivity index (χ0n) is 29.6. The molecule has 53 heavy (non-hydrogen) atoms. The van der Waals surface area contributed by atoms with Crippen LogP contribution in [-0.4, -0.2) is 55.0 Å². The number of carbonyl (C=O) groups excluding carboxylic acids is 1. The Morgan fingerprint density at radius 1 is 0.906 bits per heavy atom. The first-order valence-corrected chi connectivity index (χ1v) is 19.0. The summed E-state index contributed by atoms with van der Waals surface area (Å²) in [6.07, 6.45) is 1.66. The maximum atomic E-state index is 14.5. The van der Waals surface area contributed by atoms with Crippen LogP contribution in [0.4, 0.5) is 17.6 Å². The van der Waals surface area contributed by atoms with E-state index in [0.717, 1.165) is 5.56 Å². The van der Waals surface area contributed by atoms with Gasteiger partial charge in [-0.25, -0.2) is 4.79 Å². The third-order valence-corrected chi connectivity index (χ3v) is 14.5. The molecule has 3 aromatic carbocycles. The van der Waals surface area contributed by atoms with E-state index >= 15 is 0 Å². The van der Waals surface area contributed by atoms with Gasteiger partial charge in [-0.1, -0.05) is 32.0 Å². The molecule has 1 aliphatic heterocycles. The van der Waals surface area contributed by atoms with Crippen LogP contribution in [0.1, 0.15) is 73.4 Å². The van der Waals surface area contributed by atoms with Gasteiger partial charge in [0.1, 0.15) is 18.8 Å². The van der Waals surface area contributed by atoms with Gasteiger partial charge in [0.05, 0.1) is 28.9 Å². The van der Waals surface area contributed by atoms with E-state index < -0.39 is 70.5 Å². The second-order valence-electron chi connectivity index (χ2n) is 15.5. The molecule has 13 heteroatoms. The van der Waals surface area contributed by atoms with Gasteiger partial charge in [0.25, 0.3) is 0 Å². The predicted octanol–water partition coefficient (Wildman–Crippen LogP) is 8.98. The van der Waals surface area contributed by atoms with Crippen LogP contribution in [0.15, 0.2) is 53.3 Å². The van der Waals surface area contributed by atoms with Gasteiger partial charge in [0, 0.05) is 28.4 Å². The van der Waals surface area contributed by atoms with Crippen LogP contribution in [0, 0.1) is 30.1 Å². The summed E-state index contributed by atoms with van der Waals surface area (Å²) >= 11 is 0. The first kappa shape index (κ1) is 35.9. The molecular weight excluding hydrogens is 716 g/mol. The summed E-state index contributed by atoms with van der Waals surface area (Å²) < 4.78 is 82.0. The highest BCUT2D eigenvalue weighted by Gasteiger charge is 2.70. The number of carboxylic acids is 1. The van der Waals surface area contributed by atoms with Gasteiger partial charge >= 0.3 is 23.8 Å². The summed E-state index contributed by atoms with van der Waals surface area (Å²) in [5.74, 6) is -13.3. The Labute approximate surface area is 305 Å². The number of ether oxygens (including phenoxy) is 4. The highest BCUT2D eigenvalue weighted by Crippen LogP contribution is 2.66. The molecule has 1 aromatic heterocycles. The molecule has 1 N–H and O–H groups in total. The number of rotatable bonds is 6. The van der Waals surface area contributed by atoms with E-state index in [-0.39, 0.29) is 47.2 Å². The maximum absolute atomic E-state index is 14.5. The number of halogens is 4. The number of hydrogen-bond acceptors (Lipinski definition) is 7. The van der Waals surface area contributed by atoms with Crippen molar-refractivity contribution in [3.63, 3.8) is 0 Å². The lowest BCUT2D eigenvalue weighted by Gasteiger charge is -2.62. The van der Waals surface area contributed by atoms with Crippen molar-refractivity contribution in [2.45, 2.75) is 76.4 Å². The number of carbonyl (C=O) groups is 2. The van der Waals surface area contributed by atoms with Gasteiger partial charge < -0.3 is 24.1 Å². The van der Waals surface area contributed by atoms with E-state index in [1.54, 1.807) is 25.1 Å². The van der Waals surface area contributed by atoms with Crippen LogP contribution in [-0.2, 0) is 14.3 Å². The van der Waals surface area contributed by atoms with Crippen molar-refractivity contribution in [3.8, 4) is 16.4 Å². The summed E-state index contributed by atoms with van der Waals surface area (Å²) in [7, 11) is 0.230. The lowest BCUT2D eigenvalue weighted by Crippen LogP contribution is -2.65. The third-order valence-electron chi connectivity index (χ3n) is 12.0. The highest BCUT2D eigenvalue weighted by atomic mass is 32.2. The third kappa shape index (κ3) is 5.31. The molecule has 4 aromatic rings. The Kier molecular flexibility index (Phi) is 8.29. The molecule has 0 radical (unpaired) electrons. The highest BCUT2D eigenvalue weighted by molar-refractivity contribution is 7.49. The second-order valence-corrected chi connectivity index (χ2v) is 17.4. The van der Waals surface area contributed by atoms with Crippen molar-refractivity contribution in [3.05, 3.63) is 75.4 Å². The molecule has 280 valence electrons. The van der Waals surface area contributed by atoms with Crippen LogP contribution in [0.5, 0.6) is 11.5 Å². The van der Waals surface area contributed by atoms with Crippen molar-refractivity contribution in [1.82, 2.24) is 0 Å². The zero-order valence-corrected chi connectivity index (χ0v) is 30.4. The van der Waals surface area contributed by atoms with Crippen LogP contribution >= 0.6 is 10.5 Å². The van der Waals surface area contributed by atoms with Crippen LogP contribution < -0.4 is 14.9 Å². The first-order valence-electron chi connectivity index (χ1n) is 17.7. The molecule has 3 atom stereocenters. The molecule has 5 fully saturated rings. The maximum Gasteiger partial charge on any atom is 0.341 e. The van der Waals surface area contributed by atoms with Crippen molar-refractivity contribution in [1.29, 1.82) is 0 Å². The van der Waals surface area contributed by atoms with Gasteiger partial charge in [-0.2, -0.15) is 17.6 Å². The monoisotopic (exact) mass is 755 g/mol. The topological polar surface area (TPSA) is 108 Å². The minimum absolute atomic E-state index is 0.0000732. The molecule has 2 heterocycles. The fraction of sp³-hybridized carbons (Fsp3) is 0.475. The lowest BCUT2D eigenvalue weighted by molar-refractivity contribution is -0.345. The standard InChI is InChI=1S/C40H38F4O8S/c1-20(2)23-9-10-31-27(13-23)32(45)26-7-5-6-8-30(26)53(31)34-21(3)33(29(49-4)14-28(34)35(46)47)52-36(48)37-15-22-11-24(16-37)40(25(12-22)17-37)50-18-38(41,42)39(43,44)19-51-40/h5-10,13-14,20,22,24-25H,11-12,15-19H2,1-4H3/p+1. The largest absolute Gasteiger partial charge is 0.493 e. The van der Waals surface area contributed by atoms with Crippen molar-refractivity contribution < 1.29 is 51.2 Å². The minimum Gasteiger partial charge on any atom is -0.493 e. The Morgan fingerprint density at radius 3 is 2.13 bits per heavy atom. The summed E-state index contributed by atoms with van der Waals surface area (Å²) in [4.78, 5) is 41.8. The predicted molar refractivity (Wildman–Crippen MR) is 190 cm³/mol. The Bertz CT molecular complexity index is 2230. The quantitative estimate of drug-likeness (QED) is 0.0684. The fourth-order valence-corrected chi connectivity index (χ4v) is 12.2. The number of aromatic carboxylic acids is 1. The van der Waals surface area contributed by atoms with Crippen molar-refractivity contribution in [2.24, 2.45) is 23.2 Å². The van der Waals surface area contributed by atoms with Gasteiger partial charge in [-0.15, -0.1) is 0 Å². The number of alkyl halides is 4. The smallest absolute Gasteiger partial charge is 0.341 e. The number of benzene rings is 3. The molecule has 8 nitrogen and oxygen atoms in total. The normalized spacial score (nSPS) is 27.0. The average molecular weight is 756 g/mol. The molecule has 0 amide bonds. The van der Waals surface area contributed by atoms with Gasteiger partial charge in [0.2, 0.25) is 10.3 Å². The summed E-state index contributed by atoms with van der Waals surface area (Å²) in [5, 5.41) is 11.5. The molecule has 5 aliphatic rings. The number of hydrogen-bond donors (Lipinski definition) is 1. The number of methoxy groups -OCH3 is 1. The Morgan fingerprint density at radius 2 is 1.53 bits per heavy atom. The van der Waals surface area contributed by atoms with Gasteiger partial charge in [-0.05, 0) is 80.7 Å². The second kappa shape index (κ2) is 12.2. The fourth-order valence-electron chi connectivity index (χ4n) is 9.54. The van der Waals surface area contributed by atoms with E-state index in [1.165, 1.54) is 13.2 Å². The lowest BCUT2D eigenvalue weighted by atomic mass is 9.47. The Hall–Kier alpha value is -4.07. The van der Waals surface area contributed by atoms with Crippen LogP contribution in [0.25, 0.3) is 25.1 Å². The number of fused-ring (bicyclic) bond motifs is 2. The SMILES string of the molecule is COc1cc(C(=O)O)c(-[s+]2c3ccccc3c(=O)c3cc(C(C)C)ccc32)c(C)c1OC(=O)C12CC3CC(C1)C1(OCC(F)(F)C(F)(F)CO1)C(C3)C2. The number of esters is 1. The molecule has 4 bridgehead atoms. The van der Waals surface area contributed by atoms with Gasteiger partial charge in [0.15, 0.2) is 26.7 Å². The molecule has 3 unspecified atom stereocenters. The minimum atomic E-state index is -4.40. The van der Waals surface area contributed by atoms with Crippen molar-refractivity contribution >= 4 is 42.6 Å². The summed E-state index contributed by atoms with van der Waals surface area (Å²) in [5.41, 5.74) is -0.00812. The molecule has 1 saturated heterocycles. The zero-order chi connectivity index (χ0) is 37.8.